The molecule has 0 saturated heterocycles. The zero-order valence-corrected chi connectivity index (χ0v) is 18.1. The van der Waals surface area contributed by atoms with E-state index in [1.165, 1.54) is 27.8 Å². The first-order chi connectivity index (χ1) is 16.3. The molecule has 0 bridgehead atoms. The number of furan rings is 2. The predicted octanol–water partition coefficient (Wildman–Crippen LogP) is 9.13. The van der Waals surface area contributed by atoms with Crippen molar-refractivity contribution in [3.63, 3.8) is 0 Å². The molecular weight excluding hydrogens is 404 g/mol. The van der Waals surface area contributed by atoms with Crippen LogP contribution >= 0.6 is 0 Å². The molecule has 2 aromatic heterocycles. The number of fused-ring (bicyclic) bond motifs is 6. The van der Waals surface area contributed by atoms with Crippen LogP contribution in [0.3, 0.4) is 0 Å². The van der Waals surface area contributed by atoms with Gasteiger partial charge in [-0.25, -0.2) is 0 Å². The summed E-state index contributed by atoms with van der Waals surface area (Å²) in [5, 5.41) is 4.62. The van der Waals surface area contributed by atoms with Crippen LogP contribution in [-0.4, -0.2) is 0 Å². The molecule has 0 aliphatic heterocycles. The van der Waals surface area contributed by atoms with Crippen LogP contribution in [0.2, 0.25) is 0 Å². The molecule has 33 heavy (non-hydrogen) atoms. The Kier molecular flexibility index (Phi) is 3.80. The van der Waals surface area contributed by atoms with Gasteiger partial charge in [-0.3, -0.25) is 0 Å². The van der Waals surface area contributed by atoms with Gasteiger partial charge in [-0.05, 0) is 46.9 Å². The molecule has 0 amide bonds. The molecule has 0 N–H and O–H groups in total. The lowest BCUT2D eigenvalue weighted by molar-refractivity contribution is 0.656. The molecule has 7 rings (SSSR count). The molecule has 2 nitrogen and oxygen atoms in total. The maximum atomic E-state index is 6.35. The summed E-state index contributed by atoms with van der Waals surface area (Å²) in [5.74, 6) is 0. The third kappa shape index (κ3) is 2.61. The van der Waals surface area contributed by atoms with Gasteiger partial charge in [-0.1, -0.05) is 84.9 Å². The highest BCUT2D eigenvalue weighted by Gasteiger charge is 2.21. The highest BCUT2D eigenvalue weighted by Crippen LogP contribution is 2.45. The molecule has 2 heteroatoms. The SMILES string of the molecule is Cc1c2c(cc3oc4cccc(-c5ccccc5)c4c13)oc1cccc(-c3ccccc3)c12. The standard InChI is InChI=1S/C31H20O2/c1-19-28-26(32-24-16-8-14-22(30(24)28)20-10-4-2-5-11-20)18-27-29(19)31-23(15-9-17-25(31)33-27)21-12-6-3-7-13-21/h2-18H,1H3. The van der Waals surface area contributed by atoms with Crippen molar-refractivity contribution in [1.82, 2.24) is 0 Å². The zero-order valence-electron chi connectivity index (χ0n) is 18.1. The Morgan fingerprint density at radius 2 is 0.879 bits per heavy atom. The van der Waals surface area contributed by atoms with E-state index >= 15 is 0 Å². The highest BCUT2D eigenvalue weighted by molar-refractivity contribution is 6.23. The minimum absolute atomic E-state index is 0.860. The Balaban J connectivity index is 1.65. The van der Waals surface area contributed by atoms with Gasteiger partial charge in [-0.15, -0.1) is 0 Å². The van der Waals surface area contributed by atoms with Crippen molar-refractivity contribution in [1.29, 1.82) is 0 Å². The van der Waals surface area contributed by atoms with E-state index in [9.17, 15) is 0 Å². The van der Waals surface area contributed by atoms with E-state index in [-0.39, 0.29) is 0 Å². The fourth-order valence-corrected chi connectivity index (χ4v) is 5.24. The summed E-state index contributed by atoms with van der Waals surface area (Å²) in [5.41, 5.74) is 9.45. The summed E-state index contributed by atoms with van der Waals surface area (Å²) in [6.45, 7) is 2.19. The minimum atomic E-state index is 0.860. The van der Waals surface area contributed by atoms with Gasteiger partial charge in [-0.2, -0.15) is 0 Å². The first-order valence-electron chi connectivity index (χ1n) is 11.2. The number of hydrogen-bond acceptors (Lipinski definition) is 2. The summed E-state index contributed by atoms with van der Waals surface area (Å²) in [6, 6.07) is 35.7. The molecule has 0 radical (unpaired) electrons. The molecule has 0 spiro atoms. The minimum Gasteiger partial charge on any atom is -0.456 e. The van der Waals surface area contributed by atoms with E-state index in [0.29, 0.717) is 0 Å². The van der Waals surface area contributed by atoms with Gasteiger partial charge in [0.05, 0.1) is 0 Å². The Morgan fingerprint density at radius 3 is 1.33 bits per heavy atom. The van der Waals surface area contributed by atoms with Crippen LogP contribution < -0.4 is 0 Å². The third-order valence-corrected chi connectivity index (χ3v) is 6.67. The summed E-state index contributed by atoms with van der Waals surface area (Å²) >= 11 is 0. The summed E-state index contributed by atoms with van der Waals surface area (Å²) in [7, 11) is 0. The lowest BCUT2D eigenvalue weighted by Crippen LogP contribution is -1.83. The average Bonchev–Trinajstić information content (AvgIpc) is 3.43. The van der Waals surface area contributed by atoms with Gasteiger partial charge in [0, 0.05) is 27.6 Å². The van der Waals surface area contributed by atoms with Crippen LogP contribution in [-0.2, 0) is 0 Å². The first kappa shape index (κ1) is 18.3. The molecular formula is C31H20O2. The van der Waals surface area contributed by atoms with Crippen LogP contribution in [0.1, 0.15) is 5.56 Å². The molecule has 0 saturated carbocycles. The van der Waals surface area contributed by atoms with Crippen molar-refractivity contribution in [2.45, 2.75) is 6.92 Å². The number of aryl methyl sites for hydroxylation is 1. The monoisotopic (exact) mass is 424 g/mol. The molecule has 2 heterocycles. The van der Waals surface area contributed by atoms with Crippen molar-refractivity contribution in [3.8, 4) is 22.3 Å². The van der Waals surface area contributed by atoms with Crippen LogP contribution in [0.5, 0.6) is 0 Å². The fraction of sp³-hybridized carbons (Fsp3) is 0.0323. The molecule has 156 valence electrons. The van der Waals surface area contributed by atoms with E-state index in [4.69, 9.17) is 8.83 Å². The van der Waals surface area contributed by atoms with Crippen LogP contribution in [0.4, 0.5) is 0 Å². The fourth-order valence-electron chi connectivity index (χ4n) is 5.24. The lowest BCUT2D eigenvalue weighted by Gasteiger charge is -2.07. The Morgan fingerprint density at radius 1 is 0.424 bits per heavy atom. The second-order valence-corrected chi connectivity index (χ2v) is 8.54. The number of rotatable bonds is 2. The molecule has 5 aromatic carbocycles. The van der Waals surface area contributed by atoms with Gasteiger partial charge >= 0.3 is 0 Å². The van der Waals surface area contributed by atoms with Gasteiger partial charge in [0.15, 0.2) is 0 Å². The molecule has 0 unspecified atom stereocenters. The largest absolute Gasteiger partial charge is 0.456 e. The van der Waals surface area contributed by atoms with E-state index < -0.39 is 0 Å². The zero-order chi connectivity index (χ0) is 21.9. The Bertz CT molecular complexity index is 1670. The van der Waals surface area contributed by atoms with Crippen LogP contribution in [0.15, 0.2) is 112 Å². The van der Waals surface area contributed by atoms with Crippen LogP contribution in [0, 0.1) is 6.92 Å². The van der Waals surface area contributed by atoms with Crippen molar-refractivity contribution >= 4 is 43.9 Å². The summed E-state index contributed by atoms with van der Waals surface area (Å²) in [4.78, 5) is 0. The van der Waals surface area contributed by atoms with E-state index in [1.807, 2.05) is 0 Å². The Labute approximate surface area is 190 Å². The quantitative estimate of drug-likeness (QED) is 0.276. The molecule has 0 aliphatic rings. The molecule has 7 aromatic rings. The van der Waals surface area contributed by atoms with Crippen LogP contribution in [0.25, 0.3) is 66.1 Å². The second-order valence-electron chi connectivity index (χ2n) is 8.54. The molecule has 0 fully saturated rings. The van der Waals surface area contributed by atoms with E-state index in [2.05, 4.69) is 110 Å². The smallest absolute Gasteiger partial charge is 0.139 e. The molecule has 0 aliphatic carbocycles. The topological polar surface area (TPSA) is 26.3 Å². The first-order valence-corrected chi connectivity index (χ1v) is 11.2. The second kappa shape index (κ2) is 6.85. The van der Waals surface area contributed by atoms with E-state index in [0.717, 1.165) is 43.9 Å². The lowest BCUT2D eigenvalue weighted by atomic mass is 9.94. The van der Waals surface area contributed by atoms with Gasteiger partial charge < -0.3 is 8.83 Å². The number of benzene rings is 5. The maximum Gasteiger partial charge on any atom is 0.139 e. The summed E-state index contributed by atoms with van der Waals surface area (Å²) in [6.07, 6.45) is 0. The van der Waals surface area contributed by atoms with Crippen molar-refractivity contribution in [2.75, 3.05) is 0 Å². The maximum absolute atomic E-state index is 6.35. The highest BCUT2D eigenvalue weighted by atomic mass is 16.3. The molecule has 0 atom stereocenters. The average molecular weight is 424 g/mol. The van der Waals surface area contributed by atoms with Crippen molar-refractivity contribution in [2.24, 2.45) is 0 Å². The normalized spacial score (nSPS) is 11.8. The predicted molar refractivity (Wildman–Crippen MR) is 137 cm³/mol. The van der Waals surface area contributed by atoms with Gasteiger partial charge in [0.25, 0.3) is 0 Å². The number of hydrogen-bond donors (Lipinski definition) is 0. The third-order valence-electron chi connectivity index (χ3n) is 6.67. The van der Waals surface area contributed by atoms with Crippen molar-refractivity contribution < 1.29 is 8.83 Å². The van der Waals surface area contributed by atoms with E-state index in [1.54, 1.807) is 0 Å². The van der Waals surface area contributed by atoms with Gasteiger partial charge in [0.2, 0.25) is 0 Å². The van der Waals surface area contributed by atoms with Gasteiger partial charge in [0.1, 0.15) is 22.3 Å². The summed E-state index contributed by atoms with van der Waals surface area (Å²) < 4.78 is 12.7. The van der Waals surface area contributed by atoms with Crippen molar-refractivity contribution in [3.05, 3.63) is 109 Å². The Hall–Kier alpha value is -4.30.